The van der Waals surface area contributed by atoms with Gasteiger partial charge in [-0.1, -0.05) is 26.7 Å². The van der Waals surface area contributed by atoms with E-state index in [-0.39, 0.29) is 0 Å². The summed E-state index contributed by atoms with van der Waals surface area (Å²) in [5.41, 5.74) is 0. The van der Waals surface area contributed by atoms with Crippen molar-refractivity contribution in [1.82, 2.24) is 4.90 Å². The van der Waals surface area contributed by atoms with Crippen LogP contribution < -0.4 is 0 Å². The molecule has 3 heteroatoms. The molecule has 78 valence electrons. The molecule has 0 spiro atoms. The second-order valence-electron chi connectivity index (χ2n) is 4.04. The minimum absolute atomic E-state index is 0.533. The minimum Gasteiger partial charge on any atom is -0.389 e. The van der Waals surface area contributed by atoms with E-state index in [1.54, 1.807) is 0 Å². The number of hydrogen-bond acceptors (Lipinski definition) is 3. The van der Waals surface area contributed by atoms with Crippen LogP contribution in [-0.4, -0.2) is 47.0 Å². The van der Waals surface area contributed by atoms with Gasteiger partial charge >= 0.3 is 0 Å². The molecule has 0 aromatic rings. The fraction of sp³-hybridized carbons (Fsp3) is 1.00. The van der Waals surface area contributed by atoms with E-state index < -0.39 is 12.2 Å². The molecular formula is C10H21NO2. The molecule has 0 bridgehead atoms. The van der Waals surface area contributed by atoms with Gasteiger partial charge in [0.05, 0.1) is 12.2 Å². The van der Waals surface area contributed by atoms with E-state index in [2.05, 4.69) is 18.7 Å². The van der Waals surface area contributed by atoms with Crippen LogP contribution in [0.25, 0.3) is 0 Å². The third-order valence-electron chi connectivity index (χ3n) is 3.01. The van der Waals surface area contributed by atoms with Gasteiger partial charge in [0.1, 0.15) is 0 Å². The molecule has 1 saturated heterocycles. The number of rotatable bonds is 4. The molecule has 1 fully saturated rings. The van der Waals surface area contributed by atoms with Crippen molar-refractivity contribution in [2.75, 3.05) is 19.6 Å². The van der Waals surface area contributed by atoms with Crippen LogP contribution in [0.15, 0.2) is 0 Å². The van der Waals surface area contributed by atoms with Gasteiger partial charge in [0.2, 0.25) is 0 Å². The maximum atomic E-state index is 9.33. The van der Waals surface area contributed by atoms with Gasteiger partial charge in [0.25, 0.3) is 0 Å². The molecule has 0 unspecified atom stereocenters. The zero-order valence-electron chi connectivity index (χ0n) is 8.61. The Labute approximate surface area is 80.4 Å². The molecule has 2 atom stereocenters. The van der Waals surface area contributed by atoms with E-state index in [4.69, 9.17) is 0 Å². The summed E-state index contributed by atoms with van der Waals surface area (Å²) in [7, 11) is 0. The van der Waals surface area contributed by atoms with Gasteiger partial charge in [0.15, 0.2) is 0 Å². The van der Waals surface area contributed by atoms with E-state index in [1.165, 1.54) is 12.8 Å². The van der Waals surface area contributed by atoms with Crippen molar-refractivity contribution >= 4 is 0 Å². The van der Waals surface area contributed by atoms with E-state index in [9.17, 15) is 10.2 Å². The summed E-state index contributed by atoms with van der Waals surface area (Å²) in [6.07, 6.45) is 1.29. The lowest BCUT2D eigenvalue weighted by atomic mass is 10.0. The number of hydrogen-bond donors (Lipinski definition) is 2. The van der Waals surface area contributed by atoms with Crippen molar-refractivity contribution in [3.8, 4) is 0 Å². The fourth-order valence-corrected chi connectivity index (χ4v) is 1.91. The molecule has 0 aromatic carbocycles. The number of aliphatic hydroxyl groups is 2. The van der Waals surface area contributed by atoms with Crippen LogP contribution in [0.2, 0.25) is 0 Å². The monoisotopic (exact) mass is 187 g/mol. The van der Waals surface area contributed by atoms with Gasteiger partial charge in [-0.05, 0) is 5.92 Å². The van der Waals surface area contributed by atoms with Gasteiger partial charge in [-0.15, -0.1) is 0 Å². The van der Waals surface area contributed by atoms with Gasteiger partial charge in [-0.2, -0.15) is 0 Å². The Morgan fingerprint density at radius 3 is 2.00 bits per heavy atom. The zero-order valence-corrected chi connectivity index (χ0v) is 8.61. The van der Waals surface area contributed by atoms with E-state index >= 15 is 0 Å². The summed E-state index contributed by atoms with van der Waals surface area (Å²) in [5.74, 6) is 0.706. The molecule has 1 aliphatic heterocycles. The molecule has 0 aliphatic carbocycles. The molecule has 0 radical (unpaired) electrons. The summed E-state index contributed by atoms with van der Waals surface area (Å²) < 4.78 is 0. The summed E-state index contributed by atoms with van der Waals surface area (Å²) in [6, 6.07) is 0. The first-order valence-corrected chi connectivity index (χ1v) is 5.25. The highest BCUT2D eigenvalue weighted by atomic mass is 16.3. The highest BCUT2D eigenvalue weighted by molar-refractivity contribution is 4.83. The molecule has 1 aliphatic rings. The van der Waals surface area contributed by atoms with Crippen molar-refractivity contribution in [2.45, 2.75) is 38.9 Å². The van der Waals surface area contributed by atoms with Crippen LogP contribution in [0.1, 0.15) is 26.7 Å². The molecule has 0 aromatic heterocycles. The zero-order chi connectivity index (χ0) is 9.84. The first-order valence-electron chi connectivity index (χ1n) is 5.25. The summed E-state index contributed by atoms with van der Waals surface area (Å²) in [4.78, 5) is 2.16. The number of likely N-dealkylation sites (tertiary alicyclic amines) is 1. The SMILES string of the molecule is CCC(CC)CN1C[C@@H](O)[C@@H](O)C1. The summed E-state index contributed by atoms with van der Waals surface area (Å²) in [5, 5.41) is 18.7. The highest BCUT2D eigenvalue weighted by Crippen LogP contribution is 2.15. The topological polar surface area (TPSA) is 43.7 Å². The predicted molar refractivity (Wildman–Crippen MR) is 52.5 cm³/mol. The van der Waals surface area contributed by atoms with Crippen LogP contribution in [0.5, 0.6) is 0 Å². The Kier molecular flexibility index (Phi) is 4.16. The fourth-order valence-electron chi connectivity index (χ4n) is 1.91. The lowest BCUT2D eigenvalue weighted by Crippen LogP contribution is -2.28. The standard InChI is InChI=1S/C10H21NO2/c1-3-8(4-2)5-11-6-9(12)10(13)7-11/h8-10,12-13H,3-7H2,1-2H3/t9-,10+. The van der Waals surface area contributed by atoms with Crippen LogP contribution >= 0.6 is 0 Å². The van der Waals surface area contributed by atoms with Gasteiger partial charge in [-0.25, -0.2) is 0 Å². The predicted octanol–water partition coefficient (Wildman–Crippen LogP) is 0.460. The number of aliphatic hydroxyl groups excluding tert-OH is 2. The Balaban J connectivity index is 2.30. The third-order valence-corrected chi connectivity index (χ3v) is 3.01. The Morgan fingerprint density at radius 1 is 1.15 bits per heavy atom. The van der Waals surface area contributed by atoms with Crippen molar-refractivity contribution in [1.29, 1.82) is 0 Å². The van der Waals surface area contributed by atoms with Crippen LogP contribution in [0.4, 0.5) is 0 Å². The minimum atomic E-state index is -0.533. The second-order valence-corrected chi connectivity index (χ2v) is 4.04. The van der Waals surface area contributed by atoms with Gasteiger partial charge in [0, 0.05) is 19.6 Å². The smallest absolute Gasteiger partial charge is 0.0938 e. The average Bonchev–Trinajstić information content (AvgIpc) is 2.42. The normalized spacial score (nSPS) is 30.2. The van der Waals surface area contributed by atoms with E-state index in [0.29, 0.717) is 19.0 Å². The number of β-amino-alcohol motifs (C(OH)–C–C–N with tert-alkyl or cyclic N) is 2. The molecule has 3 nitrogen and oxygen atoms in total. The van der Waals surface area contributed by atoms with Crippen LogP contribution in [0, 0.1) is 5.92 Å². The van der Waals surface area contributed by atoms with E-state index in [1.807, 2.05) is 0 Å². The number of nitrogens with zero attached hydrogens (tertiary/aromatic N) is 1. The largest absolute Gasteiger partial charge is 0.389 e. The van der Waals surface area contributed by atoms with Gasteiger partial charge < -0.3 is 10.2 Å². The lowest BCUT2D eigenvalue weighted by molar-refractivity contribution is 0.0572. The second kappa shape index (κ2) is 4.94. The van der Waals surface area contributed by atoms with Crippen molar-refractivity contribution in [3.63, 3.8) is 0 Å². The lowest BCUT2D eigenvalue weighted by Gasteiger charge is -2.20. The average molecular weight is 187 g/mol. The maximum absolute atomic E-state index is 9.33. The summed E-state index contributed by atoms with van der Waals surface area (Å²) in [6.45, 7) is 6.67. The molecule has 13 heavy (non-hydrogen) atoms. The molecule has 1 rings (SSSR count). The molecule has 1 heterocycles. The molecule has 0 saturated carbocycles. The quantitative estimate of drug-likeness (QED) is 0.672. The van der Waals surface area contributed by atoms with Crippen LogP contribution in [0.3, 0.4) is 0 Å². The Morgan fingerprint density at radius 2 is 1.62 bits per heavy atom. The first kappa shape index (κ1) is 11.0. The van der Waals surface area contributed by atoms with Crippen molar-refractivity contribution in [3.05, 3.63) is 0 Å². The van der Waals surface area contributed by atoms with Gasteiger partial charge in [-0.3, -0.25) is 4.90 Å². The third kappa shape index (κ3) is 2.93. The van der Waals surface area contributed by atoms with Crippen molar-refractivity contribution in [2.24, 2.45) is 5.92 Å². The van der Waals surface area contributed by atoms with Crippen LogP contribution in [-0.2, 0) is 0 Å². The Bertz CT molecular complexity index is 138. The molecular weight excluding hydrogens is 166 g/mol. The highest BCUT2D eigenvalue weighted by Gasteiger charge is 2.29. The van der Waals surface area contributed by atoms with Crippen molar-refractivity contribution < 1.29 is 10.2 Å². The molecule has 0 amide bonds. The van der Waals surface area contributed by atoms with E-state index in [0.717, 1.165) is 6.54 Å². The first-order chi connectivity index (χ1) is 6.17. The molecule has 2 N–H and O–H groups in total. The Hall–Kier alpha value is -0.120. The summed E-state index contributed by atoms with van der Waals surface area (Å²) >= 11 is 0. The maximum Gasteiger partial charge on any atom is 0.0938 e.